The van der Waals surface area contributed by atoms with Gasteiger partial charge in [0.2, 0.25) is 9.84 Å². The third-order valence-electron chi connectivity index (χ3n) is 10.5. The highest BCUT2D eigenvalue weighted by Crippen LogP contribution is 2.46. The Kier molecular flexibility index (Phi) is 14.1. The molecule has 1 saturated carbocycles. The van der Waals surface area contributed by atoms with Gasteiger partial charge in [0.05, 0.1) is 4.90 Å². The highest BCUT2D eigenvalue weighted by molar-refractivity contribution is 7.95. The molecule has 1 saturated heterocycles. The molecule has 1 unspecified atom stereocenters. The Balaban J connectivity index is 0.000000556. The Morgan fingerprint density at radius 3 is 1.88 bits per heavy atom. The fourth-order valence-electron chi connectivity index (χ4n) is 7.71. The quantitative estimate of drug-likeness (QED) is 0.147. The van der Waals surface area contributed by atoms with E-state index in [1.54, 1.807) is 24.3 Å². The predicted molar refractivity (Wildman–Crippen MR) is 207 cm³/mol. The molecule has 0 bridgehead atoms. The van der Waals surface area contributed by atoms with E-state index >= 15 is 0 Å². The van der Waals surface area contributed by atoms with Gasteiger partial charge < -0.3 is 14.5 Å². The van der Waals surface area contributed by atoms with Crippen molar-refractivity contribution in [2.24, 2.45) is 11.8 Å². The number of piperidine rings is 1. The van der Waals surface area contributed by atoms with Crippen LogP contribution in [0.15, 0.2) is 138 Å². The molecule has 0 N–H and O–H groups in total. The highest BCUT2D eigenvalue weighted by atomic mass is 32.2. The Hall–Kier alpha value is -4.20. The first-order valence-electron chi connectivity index (χ1n) is 18.5. The smallest absolute Gasteiger partial charge is 0.410 e. The Labute approximate surface area is 306 Å². The van der Waals surface area contributed by atoms with Crippen molar-refractivity contribution in [2.75, 3.05) is 26.2 Å². The first-order valence-corrected chi connectivity index (χ1v) is 20.0. The molecular formula is C44H54N2O4S. The number of rotatable bonds is 12. The van der Waals surface area contributed by atoms with Crippen LogP contribution < -0.4 is 0 Å². The second-order valence-electron chi connectivity index (χ2n) is 13.9. The Morgan fingerprint density at radius 2 is 1.33 bits per heavy atom. The second-order valence-corrected chi connectivity index (χ2v) is 15.9. The van der Waals surface area contributed by atoms with Gasteiger partial charge >= 0.3 is 6.09 Å². The van der Waals surface area contributed by atoms with Crippen molar-refractivity contribution in [1.29, 1.82) is 0 Å². The van der Waals surface area contributed by atoms with Crippen LogP contribution in [0.2, 0.25) is 0 Å². The van der Waals surface area contributed by atoms with E-state index in [1.807, 2.05) is 60.4 Å². The third-order valence-corrected chi connectivity index (χ3v) is 12.3. The van der Waals surface area contributed by atoms with Crippen LogP contribution in [0, 0.1) is 11.8 Å². The number of hydrogen-bond donors (Lipinski definition) is 0. The summed E-state index contributed by atoms with van der Waals surface area (Å²) < 4.78 is 32.0. The van der Waals surface area contributed by atoms with Crippen LogP contribution in [-0.2, 0) is 27.6 Å². The summed E-state index contributed by atoms with van der Waals surface area (Å²) in [7, 11) is -3.54. The largest absolute Gasteiger partial charge is 0.445 e. The lowest BCUT2D eigenvalue weighted by Gasteiger charge is -2.39. The van der Waals surface area contributed by atoms with E-state index < -0.39 is 9.84 Å². The highest BCUT2D eigenvalue weighted by Gasteiger charge is 2.38. The molecule has 270 valence electrons. The van der Waals surface area contributed by atoms with E-state index in [2.05, 4.69) is 66.9 Å². The standard InChI is InChI=1S/C36H44N2O4S.C8H10/c1-3-38(36(39)42-27-29-13-7-4-8-14-29)33-19-21-37(22-20-33)26-32-24-30(25-35(32)31-15-9-5-10-16-31)23-28(2)43(40,41)34-17-11-6-12-18-34;1-2-8-6-4-3-5-7-8/h4-18,30,32-33,35H,2-3,19-27H2,1H3;3-7H,2H2,1H3/t30?,32-,35-;/m1./s1. The lowest BCUT2D eigenvalue weighted by molar-refractivity contribution is 0.0601. The lowest BCUT2D eigenvalue weighted by Crippen LogP contribution is -2.48. The maximum absolute atomic E-state index is 13.2. The minimum absolute atomic E-state index is 0.178. The van der Waals surface area contributed by atoms with E-state index in [0.29, 0.717) is 34.6 Å². The van der Waals surface area contributed by atoms with Crippen molar-refractivity contribution in [3.05, 3.63) is 150 Å². The molecule has 0 aromatic heterocycles. The molecule has 2 fully saturated rings. The van der Waals surface area contributed by atoms with E-state index in [4.69, 9.17) is 4.74 Å². The predicted octanol–water partition coefficient (Wildman–Crippen LogP) is 9.55. The molecule has 1 aliphatic carbocycles. The van der Waals surface area contributed by atoms with Gasteiger partial charge in [-0.05, 0) is 92.0 Å². The third kappa shape index (κ3) is 10.7. The topological polar surface area (TPSA) is 66.9 Å². The summed E-state index contributed by atoms with van der Waals surface area (Å²) in [4.78, 5) is 18.0. The number of benzene rings is 4. The molecule has 1 aliphatic heterocycles. The van der Waals surface area contributed by atoms with Gasteiger partial charge in [-0.25, -0.2) is 13.2 Å². The van der Waals surface area contributed by atoms with Crippen LogP contribution in [0.25, 0.3) is 0 Å². The fourth-order valence-corrected chi connectivity index (χ4v) is 9.02. The molecule has 0 spiro atoms. The van der Waals surface area contributed by atoms with Gasteiger partial charge in [0.15, 0.2) is 0 Å². The summed E-state index contributed by atoms with van der Waals surface area (Å²) in [5, 5.41) is 0. The van der Waals surface area contributed by atoms with Gasteiger partial charge in [-0.15, -0.1) is 0 Å². The molecule has 3 atom stereocenters. The zero-order valence-electron chi connectivity index (χ0n) is 30.3. The van der Waals surface area contributed by atoms with E-state index in [0.717, 1.165) is 57.3 Å². The average Bonchev–Trinajstić information content (AvgIpc) is 3.58. The number of amides is 1. The maximum Gasteiger partial charge on any atom is 0.410 e. The van der Waals surface area contributed by atoms with Crippen LogP contribution in [0.1, 0.15) is 68.6 Å². The van der Waals surface area contributed by atoms with Crippen molar-refractivity contribution >= 4 is 15.9 Å². The first kappa shape index (κ1) is 38.0. The second kappa shape index (κ2) is 18.9. The molecule has 4 aromatic carbocycles. The summed E-state index contributed by atoms with van der Waals surface area (Å²) >= 11 is 0. The zero-order valence-corrected chi connectivity index (χ0v) is 31.1. The van der Waals surface area contributed by atoms with Gasteiger partial charge in [-0.3, -0.25) is 0 Å². The number of sulfone groups is 1. The van der Waals surface area contributed by atoms with Crippen molar-refractivity contribution in [1.82, 2.24) is 9.80 Å². The van der Waals surface area contributed by atoms with Crippen LogP contribution >= 0.6 is 0 Å². The number of nitrogens with zero attached hydrogens (tertiary/aromatic N) is 2. The van der Waals surface area contributed by atoms with Crippen LogP contribution in [0.4, 0.5) is 4.79 Å². The van der Waals surface area contributed by atoms with Crippen LogP contribution in [0.3, 0.4) is 0 Å². The molecule has 4 aromatic rings. The number of carbonyl (C=O) groups excluding carboxylic acids is 1. The summed E-state index contributed by atoms with van der Waals surface area (Å²) in [6.45, 7) is 12.0. The lowest BCUT2D eigenvalue weighted by atomic mass is 9.88. The molecule has 6 nitrogen and oxygen atoms in total. The molecule has 0 radical (unpaired) electrons. The molecule has 6 rings (SSSR count). The Bertz CT molecular complexity index is 1740. The zero-order chi connectivity index (χ0) is 36.1. The number of ether oxygens (including phenoxy) is 1. The molecule has 7 heteroatoms. The molecular weight excluding hydrogens is 653 g/mol. The molecule has 1 amide bonds. The molecule has 2 aliphatic rings. The maximum atomic E-state index is 13.2. The van der Waals surface area contributed by atoms with Crippen LogP contribution in [0.5, 0.6) is 0 Å². The minimum Gasteiger partial charge on any atom is -0.445 e. The summed E-state index contributed by atoms with van der Waals surface area (Å²) in [5.74, 6) is 1.10. The van der Waals surface area contributed by atoms with Gasteiger partial charge in [0.1, 0.15) is 6.61 Å². The first-order chi connectivity index (χ1) is 24.8. The number of hydrogen-bond acceptors (Lipinski definition) is 5. The number of allylic oxidation sites excluding steroid dienone is 1. The average molecular weight is 707 g/mol. The summed E-state index contributed by atoms with van der Waals surface area (Å²) in [5.41, 5.74) is 3.73. The van der Waals surface area contributed by atoms with Crippen molar-refractivity contribution in [2.45, 2.75) is 75.8 Å². The number of likely N-dealkylation sites (tertiary alicyclic amines) is 1. The SMILES string of the molecule is C=C(CC1C[C@H](CN2CCC(N(CC)C(=O)OCc3ccccc3)CC2)[C@@H](c2ccccc2)C1)S(=O)(=O)c1ccccc1.CCc1ccccc1. The fraction of sp³-hybridized carbons (Fsp3) is 0.386. The normalized spacial score (nSPS) is 19.5. The van der Waals surface area contributed by atoms with E-state index in [1.165, 1.54) is 11.1 Å². The summed E-state index contributed by atoms with van der Waals surface area (Å²) in [6, 6.07) is 39.7. The molecule has 1 heterocycles. The van der Waals surface area contributed by atoms with Crippen LogP contribution in [-0.4, -0.2) is 56.5 Å². The minimum atomic E-state index is -3.54. The van der Waals surface area contributed by atoms with Crippen molar-refractivity contribution in [3.8, 4) is 0 Å². The number of aryl methyl sites for hydroxylation is 1. The number of carbonyl (C=O) groups is 1. The summed E-state index contributed by atoms with van der Waals surface area (Å²) in [6.07, 6.45) is 5.19. The van der Waals surface area contributed by atoms with Gasteiger partial charge in [-0.1, -0.05) is 123 Å². The van der Waals surface area contributed by atoms with Crippen molar-refractivity contribution < 1.29 is 17.9 Å². The van der Waals surface area contributed by atoms with E-state index in [9.17, 15) is 13.2 Å². The van der Waals surface area contributed by atoms with Gasteiger partial charge in [0.25, 0.3) is 0 Å². The Morgan fingerprint density at radius 1 is 0.784 bits per heavy atom. The monoisotopic (exact) mass is 706 g/mol. The molecule has 51 heavy (non-hydrogen) atoms. The van der Waals surface area contributed by atoms with Gasteiger partial charge in [0, 0.05) is 37.1 Å². The van der Waals surface area contributed by atoms with Gasteiger partial charge in [-0.2, -0.15) is 0 Å². The van der Waals surface area contributed by atoms with Crippen molar-refractivity contribution in [3.63, 3.8) is 0 Å². The van der Waals surface area contributed by atoms with E-state index in [-0.39, 0.29) is 24.7 Å².